The van der Waals surface area contributed by atoms with Gasteiger partial charge in [-0.05, 0) is 31.4 Å². The van der Waals surface area contributed by atoms with E-state index in [-0.39, 0.29) is 0 Å². The average molecular weight is 309 g/mol. The summed E-state index contributed by atoms with van der Waals surface area (Å²) in [6.07, 6.45) is 2.53. The number of rotatable bonds is 2. The van der Waals surface area contributed by atoms with Crippen LogP contribution in [0.15, 0.2) is 22.7 Å². The van der Waals surface area contributed by atoms with Crippen LogP contribution in [0.5, 0.6) is 0 Å². The number of anilines is 1. The van der Waals surface area contributed by atoms with Gasteiger partial charge in [0.1, 0.15) is 10.7 Å². The second-order valence-corrected chi connectivity index (χ2v) is 6.44. The van der Waals surface area contributed by atoms with E-state index >= 15 is 0 Å². The highest BCUT2D eigenvalue weighted by Gasteiger charge is 2.28. The van der Waals surface area contributed by atoms with Crippen LogP contribution in [-0.2, 0) is 0 Å². The Hall–Kier alpha value is -0.870. The fraction of sp³-hybridized carbons (Fsp3) is 0.308. The molecule has 0 unspecified atom stereocenters. The van der Waals surface area contributed by atoms with Gasteiger partial charge in [-0.15, -0.1) is 11.3 Å². The third-order valence-electron chi connectivity index (χ3n) is 2.98. The molecule has 0 radical (unpaired) electrons. The highest BCUT2D eigenvalue weighted by molar-refractivity contribution is 9.10. The molecule has 2 nitrogen and oxygen atoms in total. The van der Waals surface area contributed by atoms with Crippen LogP contribution in [0.3, 0.4) is 0 Å². The first-order valence-corrected chi connectivity index (χ1v) is 7.29. The Labute approximate surface area is 113 Å². The second-order valence-electron chi connectivity index (χ2n) is 4.52. The Kier molecular flexibility index (Phi) is 2.71. The smallest absolute Gasteiger partial charge is 0.114 e. The lowest BCUT2D eigenvalue weighted by Gasteiger charge is -2.03. The predicted molar refractivity (Wildman–Crippen MR) is 76.4 cm³/mol. The van der Waals surface area contributed by atoms with Crippen molar-refractivity contribution in [3.05, 3.63) is 33.2 Å². The summed E-state index contributed by atoms with van der Waals surface area (Å²) >= 11 is 5.23. The highest BCUT2D eigenvalue weighted by Crippen LogP contribution is 2.45. The fourth-order valence-electron chi connectivity index (χ4n) is 1.86. The third kappa shape index (κ3) is 2.11. The number of aryl methyl sites for hydroxylation is 1. The molecule has 3 rings (SSSR count). The van der Waals surface area contributed by atoms with Gasteiger partial charge < -0.3 is 5.73 Å². The summed E-state index contributed by atoms with van der Waals surface area (Å²) in [6.45, 7) is 2.08. The quantitative estimate of drug-likeness (QED) is 0.896. The molecule has 4 heteroatoms. The van der Waals surface area contributed by atoms with Crippen LogP contribution < -0.4 is 5.73 Å². The van der Waals surface area contributed by atoms with E-state index in [1.807, 2.05) is 0 Å². The molecule has 0 spiro atoms. The molecule has 1 aliphatic carbocycles. The van der Waals surface area contributed by atoms with Gasteiger partial charge in [0.25, 0.3) is 0 Å². The van der Waals surface area contributed by atoms with Crippen LogP contribution in [0.1, 0.15) is 29.3 Å². The number of hydrogen-bond acceptors (Lipinski definition) is 3. The number of nitrogens with zero attached hydrogens (tertiary/aromatic N) is 1. The van der Waals surface area contributed by atoms with Gasteiger partial charge >= 0.3 is 0 Å². The first kappa shape index (κ1) is 11.2. The van der Waals surface area contributed by atoms with E-state index in [4.69, 9.17) is 10.7 Å². The Morgan fingerprint density at radius 3 is 2.82 bits per heavy atom. The lowest BCUT2D eigenvalue weighted by atomic mass is 10.1. The van der Waals surface area contributed by atoms with Crippen molar-refractivity contribution in [2.75, 3.05) is 5.73 Å². The maximum atomic E-state index is 6.08. The molecule has 1 saturated carbocycles. The molecule has 1 heterocycles. The minimum absolute atomic E-state index is 0.667. The molecule has 1 fully saturated rings. The number of nitrogens with two attached hydrogens (primary N) is 1. The van der Waals surface area contributed by atoms with Crippen LogP contribution in [0.25, 0.3) is 11.3 Å². The van der Waals surface area contributed by atoms with Gasteiger partial charge in [0.15, 0.2) is 0 Å². The molecule has 1 aromatic heterocycles. The van der Waals surface area contributed by atoms with E-state index in [9.17, 15) is 0 Å². The van der Waals surface area contributed by atoms with Gasteiger partial charge in [-0.25, -0.2) is 4.98 Å². The molecule has 0 atom stereocenters. The first-order valence-electron chi connectivity index (χ1n) is 5.68. The number of thiazole rings is 1. The summed E-state index contributed by atoms with van der Waals surface area (Å²) in [7, 11) is 0. The van der Waals surface area contributed by atoms with Crippen molar-refractivity contribution < 1.29 is 0 Å². The topological polar surface area (TPSA) is 38.9 Å². The maximum absolute atomic E-state index is 6.08. The van der Waals surface area contributed by atoms with Crippen LogP contribution in [-0.4, -0.2) is 4.98 Å². The number of halogens is 1. The zero-order chi connectivity index (χ0) is 12.0. The van der Waals surface area contributed by atoms with Crippen molar-refractivity contribution in [3.63, 3.8) is 0 Å². The van der Waals surface area contributed by atoms with Crippen LogP contribution in [0, 0.1) is 6.92 Å². The van der Waals surface area contributed by atoms with E-state index in [1.54, 1.807) is 11.3 Å². The largest absolute Gasteiger partial charge is 0.389 e. The maximum Gasteiger partial charge on any atom is 0.114 e. The van der Waals surface area contributed by atoms with E-state index in [0.717, 1.165) is 20.7 Å². The molecule has 0 bridgehead atoms. The van der Waals surface area contributed by atoms with E-state index in [0.29, 0.717) is 5.92 Å². The predicted octanol–water partition coefficient (Wildman–Crippen LogP) is 4.34. The Balaban J connectivity index is 2.07. The molecule has 0 aliphatic heterocycles. The minimum atomic E-state index is 0.667. The second kappa shape index (κ2) is 4.10. The molecule has 0 amide bonds. The zero-order valence-electron chi connectivity index (χ0n) is 9.53. The third-order valence-corrected chi connectivity index (χ3v) is 4.68. The van der Waals surface area contributed by atoms with Crippen molar-refractivity contribution in [2.24, 2.45) is 0 Å². The van der Waals surface area contributed by atoms with Gasteiger partial charge in [0.2, 0.25) is 0 Å². The molecule has 88 valence electrons. The standard InChI is InChI=1S/C13H13BrN2S/c1-7-2-5-9(10(14)6-7)11-12(15)17-13(16-11)8-3-4-8/h2,5-6,8H,3-4,15H2,1H3. The van der Waals surface area contributed by atoms with Gasteiger partial charge in [0, 0.05) is 16.0 Å². The number of nitrogen functional groups attached to an aromatic ring is 1. The number of hydrogen-bond donors (Lipinski definition) is 1. The van der Waals surface area contributed by atoms with Gasteiger partial charge in [0.05, 0.1) is 5.01 Å². The summed E-state index contributed by atoms with van der Waals surface area (Å²) in [5.74, 6) is 0.667. The molecule has 0 saturated heterocycles. The lowest BCUT2D eigenvalue weighted by Crippen LogP contribution is -1.88. The molecule has 2 aromatic rings. The van der Waals surface area contributed by atoms with Gasteiger partial charge in [-0.1, -0.05) is 28.1 Å². The lowest BCUT2D eigenvalue weighted by molar-refractivity contribution is 1.08. The first-order chi connectivity index (χ1) is 8.15. The minimum Gasteiger partial charge on any atom is -0.389 e. The highest BCUT2D eigenvalue weighted by atomic mass is 79.9. The van der Waals surface area contributed by atoms with Crippen LogP contribution in [0.4, 0.5) is 5.00 Å². The van der Waals surface area contributed by atoms with Crippen molar-refractivity contribution in [1.29, 1.82) is 0 Å². The van der Waals surface area contributed by atoms with Gasteiger partial charge in [-0.2, -0.15) is 0 Å². The van der Waals surface area contributed by atoms with E-state index in [1.165, 1.54) is 23.4 Å². The molecular weight excluding hydrogens is 296 g/mol. The Morgan fingerprint density at radius 1 is 1.41 bits per heavy atom. The van der Waals surface area contributed by atoms with Gasteiger partial charge in [-0.3, -0.25) is 0 Å². The SMILES string of the molecule is Cc1ccc(-c2nc(C3CC3)sc2N)c(Br)c1. The zero-order valence-corrected chi connectivity index (χ0v) is 11.9. The van der Waals surface area contributed by atoms with Crippen molar-refractivity contribution in [1.82, 2.24) is 4.98 Å². The Bertz CT molecular complexity index is 573. The molecule has 17 heavy (non-hydrogen) atoms. The molecule has 2 N–H and O–H groups in total. The summed E-state index contributed by atoms with van der Waals surface area (Å²) in [5.41, 5.74) is 9.34. The average Bonchev–Trinajstić information content (AvgIpc) is 3.04. The fourth-order valence-corrected chi connectivity index (χ4v) is 3.56. The summed E-state index contributed by atoms with van der Waals surface area (Å²) in [5, 5.41) is 2.03. The monoisotopic (exact) mass is 308 g/mol. The van der Waals surface area contributed by atoms with Crippen molar-refractivity contribution in [2.45, 2.75) is 25.7 Å². The summed E-state index contributed by atoms with van der Waals surface area (Å²) < 4.78 is 1.07. The number of benzene rings is 1. The Morgan fingerprint density at radius 2 is 2.18 bits per heavy atom. The summed E-state index contributed by atoms with van der Waals surface area (Å²) in [6, 6.07) is 6.28. The molecule has 1 aliphatic rings. The summed E-state index contributed by atoms with van der Waals surface area (Å²) in [4.78, 5) is 4.70. The normalized spacial score (nSPS) is 15.2. The van der Waals surface area contributed by atoms with E-state index in [2.05, 4.69) is 41.1 Å². The van der Waals surface area contributed by atoms with Crippen molar-refractivity contribution >= 4 is 32.3 Å². The van der Waals surface area contributed by atoms with Crippen LogP contribution >= 0.6 is 27.3 Å². The van der Waals surface area contributed by atoms with Crippen LogP contribution in [0.2, 0.25) is 0 Å². The number of aromatic nitrogens is 1. The molecule has 1 aromatic carbocycles. The molecular formula is C13H13BrN2S. The van der Waals surface area contributed by atoms with Crippen molar-refractivity contribution in [3.8, 4) is 11.3 Å². The van der Waals surface area contributed by atoms with E-state index < -0.39 is 0 Å².